The van der Waals surface area contributed by atoms with Crippen molar-refractivity contribution in [1.82, 2.24) is 9.71 Å². The molecular formula is C25H27N3O5S. The number of nitrogens with zero attached hydrogens (tertiary/aromatic N) is 1. The molecule has 0 aliphatic carbocycles. The number of sulfonamides is 1. The molecule has 0 spiro atoms. The predicted molar refractivity (Wildman–Crippen MR) is 130 cm³/mol. The van der Waals surface area contributed by atoms with E-state index in [0.717, 1.165) is 5.56 Å². The van der Waals surface area contributed by atoms with Crippen molar-refractivity contribution in [3.05, 3.63) is 77.6 Å². The third-order valence-electron chi connectivity index (χ3n) is 4.74. The number of aromatic nitrogens is 1. The largest absolute Gasteiger partial charge is 0.465 e. The van der Waals surface area contributed by atoms with Crippen LogP contribution in [0.15, 0.2) is 65.7 Å². The highest BCUT2D eigenvalue weighted by Crippen LogP contribution is 2.29. The molecule has 178 valence electrons. The first-order valence-corrected chi connectivity index (χ1v) is 12.0. The van der Waals surface area contributed by atoms with E-state index in [2.05, 4.69) is 19.8 Å². The first-order valence-electron chi connectivity index (χ1n) is 10.5. The molecule has 0 unspecified atom stereocenters. The minimum Gasteiger partial charge on any atom is -0.465 e. The second-order valence-electron chi connectivity index (χ2n) is 8.81. The summed E-state index contributed by atoms with van der Waals surface area (Å²) in [6.07, 6.45) is 1.47. The van der Waals surface area contributed by atoms with Gasteiger partial charge in [0.2, 0.25) is 10.0 Å². The number of ether oxygens (including phenoxy) is 1. The summed E-state index contributed by atoms with van der Waals surface area (Å²) < 4.78 is 33.3. The number of nitrogens with one attached hydrogen (secondary N) is 2. The molecule has 9 heteroatoms. The molecule has 0 aliphatic heterocycles. The van der Waals surface area contributed by atoms with Crippen molar-refractivity contribution >= 4 is 27.6 Å². The topological polar surface area (TPSA) is 114 Å². The molecule has 0 bridgehead atoms. The van der Waals surface area contributed by atoms with Gasteiger partial charge in [0.1, 0.15) is 5.69 Å². The summed E-state index contributed by atoms with van der Waals surface area (Å²) >= 11 is 0. The smallest absolute Gasteiger partial charge is 0.337 e. The quantitative estimate of drug-likeness (QED) is 0.511. The maximum Gasteiger partial charge on any atom is 0.337 e. The Morgan fingerprint density at radius 1 is 0.971 bits per heavy atom. The van der Waals surface area contributed by atoms with Gasteiger partial charge in [0.25, 0.3) is 5.91 Å². The molecule has 34 heavy (non-hydrogen) atoms. The summed E-state index contributed by atoms with van der Waals surface area (Å²) in [4.78, 5) is 28.5. The van der Waals surface area contributed by atoms with Crippen molar-refractivity contribution in [1.29, 1.82) is 0 Å². The molecule has 0 aliphatic rings. The van der Waals surface area contributed by atoms with Gasteiger partial charge in [-0.05, 0) is 64.1 Å². The van der Waals surface area contributed by atoms with Gasteiger partial charge in [0.05, 0.1) is 17.6 Å². The Labute approximate surface area is 199 Å². The maximum atomic E-state index is 13.0. The highest BCUT2D eigenvalue weighted by atomic mass is 32.2. The molecule has 1 aromatic heterocycles. The lowest BCUT2D eigenvalue weighted by Crippen LogP contribution is -2.40. The number of methoxy groups -OCH3 is 1. The fourth-order valence-electron chi connectivity index (χ4n) is 3.25. The van der Waals surface area contributed by atoms with E-state index in [1.54, 1.807) is 69.3 Å². The number of aryl methyl sites for hydroxylation is 1. The van der Waals surface area contributed by atoms with Gasteiger partial charge in [-0.25, -0.2) is 17.9 Å². The van der Waals surface area contributed by atoms with Crippen LogP contribution in [0, 0.1) is 6.92 Å². The van der Waals surface area contributed by atoms with Crippen molar-refractivity contribution in [2.45, 2.75) is 38.1 Å². The van der Waals surface area contributed by atoms with Crippen molar-refractivity contribution < 1.29 is 22.7 Å². The van der Waals surface area contributed by atoms with Gasteiger partial charge >= 0.3 is 5.97 Å². The van der Waals surface area contributed by atoms with Crippen molar-refractivity contribution in [2.24, 2.45) is 0 Å². The zero-order chi connectivity index (χ0) is 25.1. The second kappa shape index (κ2) is 9.74. The number of esters is 1. The summed E-state index contributed by atoms with van der Waals surface area (Å²) in [6, 6.07) is 14.5. The number of pyridine rings is 1. The molecule has 8 nitrogen and oxygen atoms in total. The number of hydrogen-bond donors (Lipinski definition) is 2. The van der Waals surface area contributed by atoms with Crippen LogP contribution in [-0.4, -0.2) is 37.9 Å². The summed E-state index contributed by atoms with van der Waals surface area (Å²) in [5, 5.41) is 2.71. The molecule has 0 saturated carbocycles. The highest BCUT2D eigenvalue weighted by molar-refractivity contribution is 7.89. The van der Waals surface area contributed by atoms with Crippen molar-refractivity contribution in [3.8, 4) is 11.1 Å². The number of anilines is 1. The lowest BCUT2D eigenvalue weighted by atomic mass is 10.0. The molecular weight excluding hydrogens is 454 g/mol. The predicted octanol–water partition coefficient (Wildman–Crippen LogP) is 4.17. The zero-order valence-electron chi connectivity index (χ0n) is 19.7. The summed E-state index contributed by atoms with van der Waals surface area (Å²) in [5.74, 6) is -0.908. The van der Waals surface area contributed by atoms with Crippen LogP contribution in [0.4, 0.5) is 5.69 Å². The molecule has 1 amide bonds. The number of hydrogen-bond acceptors (Lipinski definition) is 6. The van der Waals surface area contributed by atoms with Gasteiger partial charge in [0, 0.05) is 28.6 Å². The van der Waals surface area contributed by atoms with Crippen LogP contribution in [0.3, 0.4) is 0 Å². The average molecular weight is 482 g/mol. The third kappa shape index (κ3) is 6.06. The molecule has 0 atom stereocenters. The highest BCUT2D eigenvalue weighted by Gasteiger charge is 2.25. The Morgan fingerprint density at radius 3 is 2.21 bits per heavy atom. The lowest BCUT2D eigenvalue weighted by molar-refractivity contribution is 0.0600. The molecule has 2 aromatic carbocycles. The zero-order valence-corrected chi connectivity index (χ0v) is 20.5. The Bertz CT molecular complexity index is 1310. The van der Waals surface area contributed by atoms with Gasteiger partial charge in [-0.1, -0.05) is 23.8 Å². The first kappa shape index (κ1) is 25.1. The molecule has 0 fully saturated rings. The molecule has 3 aromatic rings. The second-order valence-corrected chi connectivity index (χ2v) is 10.5. The molecule has 1 heterocycles. The number of carbonyl (C=O) groups excluding carboxylic acids is 2. The maximum absolute atomic E-state index is 13.0. The molecule has 0 radical (unpaired) electrons. The molecule has 3 rings (SSSR count). The monoisotopic (exact) mass is 481 g/mol. The number of benzene rings is 2. The number of amides is 1. The normalized spacial score (nSPS) is 11.7. The summed E-state index contributed by atoms with van der Waals surface area (Å²) in [6.45, 7) is 7.20. The van der Waals surface area contributed by atoms with Gasteiger partial charge in [0.15, 0.2) is 0 Å². The third-order valence-corrected chi connectivity index (χ3v) is 6.55. The van der Waals surface area contributed by atoms with E-state index in [4.69, 9.17) is 0 Å². The van der Waals surface area contributed by atoms with Crippen LogP contribution in [0.5, 0.6) is 0 Å². The van der Waals surface area contributed by atoms with E-state index < -0.39 is 27.4 Å². The Morgan fingerprint density at radius 2 is 1.65 bits per heavy atom. The van der Waals surface area contributed by atoms with Crippen LogP contribution in [0.25, 0.3) is 11.1 Å². The summed E-state index contributed by atoms with van der Waals surface area (Å²) in [5.41, 5.74) is 2.33. The van der Waals surface area contributed by atoms with Gasteiger partial charge in [-0.2, -0.15) is 0 Å². The van der Waals surface area contributed by atoms with Crippen LogP contribution < -0.4 is 10.0 Å². The lowest BCUT2D eigenvalue weighted by Gasteiger charge is -2.22. The fraction of sp³-hybridized carbons (Fsp3) is 0.240. The SMILES string of the molecule is COC(=O)c1ccc(NC(=O)c2ccc(-c3cc(C)ccc3S(=O)(=O)NC(C)(C)C)cn2)cc1. The standard InChI is InChI=1S/C25H27N3O5S/c1-16-6-13-22(34(31,32)28-25(2,3)4)20(14-16)18-9-12-21(26-15-18)23(29)27-19-10-7-17(8-11-19)24(30)33-5/h6-15,28H,1-5H3,(H,27,29). The van der Waals surface area contributed by atoms with Crippen LogP contribution in [0.1, 0.15) is 47.2 Å². The molecule has 2 N–H and O–H groups in total. The Balaban J connectivity index is 1.85. The number of rotatable bonds is 6. The van der Waals surface area contributed by atoms with E-state index in [0.29, 0.717) is 22.4 Å². The van der Waals surface area contributed by atoms with Crippen LogP contribution in [-0.2, 0) is 14.8 Å². The number of carbonyl (C=O) groups is 2. The van der Waals surface area contributed by atoms with E-state index in [-0.39, 0.29) is 10.6 Å². The molecule has 0 saturated heterocycles. The van der Waals surface area contributed by atoms with Crippen molar-refractivity contribution in [2.75, 3.05) is 12.4 Å². The minimum atomic E-state index is -3.78. The summed E-state index contributed by atoms with van der Waals surface area (Å²) in [7, 11) is -2.49. The Kier molecular flexibility index (Phi) is 7.18. The van der Waals surface area contributed by atoms with Gasteiger partial charge in [-0.15, -0.1) is 0 Å². The van der Waals surface area contributed by atoms with Crippen molar-refractivity contribution in [3.63, 3.8) is 0 Å². The van der Waals surface area contributed by atoms with E-state index in [1.165, 1.54) is 19.4 Å². The van der Waals surface area contributed by atoms with Gasteiger partial charge < -0.3 is 10.1 Å². The fourth-order valence-corrected chi connectivity index (χ4v) is 4.88. The van der Waals surface area contributed by atoms with Gasteiger partial charge in [-0.3, -0.25) is 9.78 Å². The van der Waals surface area contributed by atoms with E-state index in [9.17, 15) is 18.0 Å². The Hall–Kier alpha value is -3.56. The van der Waals surface area contributed by atoms with Crippen LogP contribution in [0.2, 0.25) is 0 Å². The first-order chi connectivity index (χ1) is 15.9. The van der Waals surface area contributed by atoms with Crippen LogP contribution >= 0.6 is 0 Å². The minimum absolute atomic E-state index is 0.137. The average Bonchev–Trinajstić information content (AvgIpc) is 2.77. The van der Waals surface area contributed by atoms with E-state index >= 15 is 0 Å². The van der Waals surface area contributed by atoms with E-state index in [1.807, 2.05) is 6.92 Å².